The van der Waals surface area contributed by atoms with E-state index in [0.29, 0.717) is 5.56 Å². The molecule has 0 spiro atoms. The van der Waals surface area contributed by atoms with Gasteiger partial charge >= 0.3 is 13.1 Å². The molecule has 8 heteroatoms. The Kier molecular flexibility index (Phi) is 5.03. The summed E-state index contributed by atoms with van der Waals surface area (Å²) in [6.45, 7) is 7.42. The van der Waals surface area contributed by atoms with Crippen LogP contribution in [0.3, 0.4) is 0 Å². The lowest BCUT2D eigenvalue weighted by Gasteiger charge is -2.32. The average Bonchev–Trinajstić information content (AvgIpc) is 2.60. The zero-order valence-corrected chi connectivity index (χ0v) is 14.8. The molecule has 1 fully saturated rings. The molecule has 1 heterocycles. The first-order valence-electron chi connectivity index (χ1n) is 7.16. The molecule has 0 radical (unpaired) electrons. The van der Waals surface area contributed by atoms with Crippen LogP contribution in [-0.2, 0) is 14.1 Å². The van der Waals surface area contributed by atoms with E-state index in [1.54, 1.807) is 0 Å². The molecule has 126 valence electrons. The second-order valence-electron chi connectivity index (χ2n) is 6.62. The normalized spacial score (nSPS) is 20.6. The summed E-state index contributed by atoms with van der Waals surface area (Å²) in [4.78, 5) is 11.3. The van der Waals surface area contributed by atoms with Crippen molar-refractivity contribution >= 4 is 36.3 Å². The largest absolute Gasteiger partial charge is 0.481 e. The van der Waals surface area contributed by atoms with E-state index in [9.17, 15) is 14.3 Å². The third kappa shape index (κ3) is 3.66. The van der Waals surface area contributed by atoms with Gasteiger partial charge < -0.3 is 14.4 Å². The number of aliphatic carboxylic acids is 1. The molecule has 1 aromatic carbocycles. The van der Waals surface area contributed by atoms with Gasteiger partial charge in [0.1, 0.15) is 5.82 Å². The van der Waals surface area contributed by atoms with Crippen LogP contribution < -0.4 is 0 Å². The maximum Gasteiger partial charge on any atom is 0.466 e. The summed E-state index contributed by atoms with van der Waals surface area (Å²) in [5, 5.41) is 9.26. The SMILES string of the molecule is CC1(C)OB(C(CC(=O)O)c2cc(F)c(Cl)cc2Cl)OC1(C)C. The van der Waals surface area contributed by atoms with Gasteiger partial charge in [0.25, 0.3) is 0 Å². The van der Waals surface area contributed by atoms with E-state index in [0.717, 1.165) is 6.07 Å². The van der Waals surface area contributed by atoms with Crippen LogP contribution in [0.1, 0.15) is 45.5 Å². The highest BCUT2D eigenvalue weighted by Crippen LogP contribution is 2.43. The van der Waals surface area contributed by atoms with Crippen LogP contribution in [0.4, 0.5) is 4.39 Å². The monoisotopic (exact) mass is 362 g/mol. The second-order valence-corrected chi connectivity index (χ2v) is 7.43. The number of halogens is 3. The molecule has 1 saturated heterocycles. The Labute approximate surface area is 145 Å². The van der Waals surface area contributed by atoms with Gasteiger partial charge in [0.15, 0.2) is 0 Å². The first-order chi connectivity index (χ1) is 10.4. The van der Waals surface area contributed by atoms with Crippen LogP contribution in [0.25, 0.3) is 0 Å². The molecular formula is C15H18BCl2FO4. The number of hydrogen-bond acceptors (Lipinski definition) is 3. The summed E-state index contributed by atoms with van der Waals surface area (Å²) in [5.74, 6) is -2.48. The minimum atomic E-state index is -1.06. The van der Waals surface area contributed by atoms with Crippen molar-refractivity contribution in [3.63, 3.8) is 0 Å². The van der Waals surface area contributed by atoms with Gasteiger partial charge in [-0.15, -0.1) is 0 Å². The third-order valence-corrected chi connectivity index (χ3v) is 5.05. The standard InChI is InChI=1S/C15H18BCl2FO4/c1-14(2)15(3,4)23-16(22-14)9(6-13(20)21)8-5-12(19)11(18)7-10(8)17/h5,7,9H,6H2,1-4H3,(H,20,21). The van der Waals surface area contributed by atoms with Gasteiger partial charge in [0.2, 0.25) is 0 Å². The van der Waals surface area contributed by atoms with Crippen molar-refractivity contribution in [2.75, 3.05) is 0 Å². The van der Waals surface area contributed by atoms with Gasteiger partial charge in [0.05, 0.1) is 22.6 Å². The van der Waals surface area contributed by atoms with E-state index < -0.39 is 35.9 Å². The van der Waals surface area contributed by atoms with Crippen molar-refractivity contribution < 1.29 is 23.6 Å². The Morgan fingerprint density at radius 1 is 1.22 bits per heavy atom. The van der Waals surface area contributed by atoms with Crippen molar-refractivity contribution in [1.29, 1.82) is 0 Å². The number of rotatable bonds is 4. The summed E-state index contributed by atoms with van der Waals surface area (Å²) >= 11 is 11.9. The molecule has 1 unspecified atom stereocenters. The topological polar surface area (TPSA) is 55.8 Å². The van der Waals surface area contributed by atoms with Gasteiger partial charge in [0, 0.05) is 10.8 Å². The van der Waals surface area contributed by atoms with E-state index in [2.05, 4.69) is 0 Å². The van der Waals surface area contributed by atoms with Crippen LogP contribution in [0.2, 0.25) is 10.0 Å². The number of carbonyl (C=O) groups is 1. The fraction of sp³-hybridized carbons (Fsp3) is 0.533. The van der Waals surface area contributed by atoms with Crippen molar-refractivity contribution in [3.05, 3.63) is 33.6 Å². The molecule has 2 rings (SSSR count). The lowest BCUT2D eigenvalue weighted by Crippen LogP contribution is -2.41. The van der Waals surface area contributed by atoms with Crippen LogP contribution in [0, 0.1) is 5.82 Å². The molecule has 1 aromatic rings. The van der Waals surface area contributed by atoms with E-state index in [1.165, 1.54) is 6.07 Å². The maximum absolute atomic E-state index is 13.8. The fourth-order valence-corrected chi connectivity index (χ4v) is 2.94. The minimum Gasteiger partial charge on any atom is -0.481 e. The third-order valence-electron chi connectivity index (χ3n) is 4.43. The minimum absolute atomic E-state index is 0.123. The van der Waals surface area contributed by atoms with Crippen molar-refractivity contribution in [2.45, 2.75) is 51.1 Å². The van der Waals surface area contributed by atoms with Crippen molar-refractivity contribution in [1.82, 2.24) is 0 Å². The molecule has 0 bridgehead atoms. The Balaban J connectivity index is 2.44. The summed E-state index contributed by atoms with van der Waals surface area (Å²) in [5.41, 5.74) is -0.966. The van der Waals surface area contributed by atoms with E-state index in [4.69, 9.17) is 32.5 Å². The molecule has 0 amide bonds. The smallest absolute Gasteiger partial charge is 0.466 e. The van der Waals surface area contributed by atoms with E-state index >= 15 is 0 Å². The van der Waals surface area contributed by atoms with Crippen LogP contribution in [0.15, 0.2) is 12.1 Å². The van der Waals surface area contributed by atoms with Crippen LogP contribution in [0.5, 0.6) is 0 Å². The van der Waals surface area contributed by atoms with Crippen LogP contribution in [-0.4, -0.2) is 29.4 Å². The zero-order chi connectivity index (χ0) is 17.6. The summed E-state index contributed by atoms with van der Waals surface area (Å²) < 4.78 is 25.6. The molecule has 1 aliphatic rings. The Morgan fingerprint density at radius 2 is 1.74 bits per heavy atom. The molecule has 4 nitrogen and oxygen atoms in total. The second kappa shape index (κ2) is 6.24. The maximum atomic E-state index is 13.8. The first-order valence-corrected chi connectivity index (χ1v) is 7.92. The van der Waals surface area contributed by atoms with Crippen LogP contribution >= 0.6 is 23.2 Å². The van der Waals surface area contributed by atoms with E-state index in [1.807, 2.05) is 27.7 Å². The molecule has 1 atom stereocenters. The highest BCUT2D eigenvalue weighted by Gasteiger charge is 2.54. The number of carboxylic acids is 1. The Hall–Kier alpha value is -0.815. The first kappa shape index (κ1) is 18.5. The molecular weight excluding hydrogens is 345 g/mol. The van der Waals surface area contributed by atoms with Crippen molar-refractivity contribution in [3.8, 4) is 0 Å². The Morgan fingerprint density at radius 3 is 2.22 bits per heavy atom. The lowest BCUT2D eigenvalue weighted by molar-refractivity contribution is -0.137. The molecule has 23 heavy (non-hydrogen) atoms. The lowest BCUT2D eigenvalue weighted by atomic mass is 9.66. The fourth-order valence-electron chi connectivity index (χ4n) is 2.42. The summed E-state index contributed by atoms with van der Waals surface area (Å²) in [6.07, 6.45) is -0.308. The number of hydrogen-bond donors (Lipinski definition) is 1. The summed E-state index contributed by atoms with van der Waals surface area (Å²) in [7, 11) is -0.853. The molecule has 0 saturated carbocycles. The molecule has 0 aliphatic carbocycles. The van der Waals surface area contributed by atoms with Gasteiger partial charge in [-0.05, 0) is 45.4 Å². The number of carboxylic acid groups (broad SMARTS) is 1. The van der Waals surface area contributed by atoms with Gasteiger partial charge in [-0.25, -0.2) is 4.39 Å². The zero-order valence-electron chi connectivity index (χ0n) is 13.3. The van der Waals surface area contributed by atoms with E-state index in [-0.39, 0.29) is 16.5 Å². The quantitative estimate of drug-likeness (QED) is 0.640. The van der Waals surface area contributed by atoms with Crippen molar-refractivity contribution in [2.24, 2.45) is 0 Å². The van der Waals surface area contributed by atoms with Gasteiger partial charge in [-0.3, -0.25) is 4.79 Å². The molecule has 0 aromatic heterocycles. The number of benzene rings is 1. The Bertz CT molecular complexity index is 620. The highest BCUT2D eigenvalue weighted by molar-refractivity contribution is 6.48. The highest BCUT2D eigenvalue weighted by atomic mass is 35.5. The molecule has 1 aliphatic heterocycles. The van der Waals surface area contributed by atoms with Gasteiger partial charge in [-0.2, -0.15) is 0 Å². The summed E-state index contributed by atoms with van der Waals surface area (Å²) in [6, 6.07) is 2.40. The molecule has 1 N–H and O–H groups in total. The van der Waals surface area contributed by atoms with Gasteiger partial charge in [-0.1, -0.05) is 23.2 Å². The predicted molar refractivity (Wildman–Crippen MR) is 87.5 cm³/mol. The average molecular weight is 363 g/mol. The predicted octanol–water partition coefficient (Wildman–Crippen LogP) is 4.32.